The highest BCUT2D eigenvalue weighted by molar-refractivity contribution is 5.86. The summed E-state index contributed by atoms with van der Waals surface area (Å²) in [5.74, 6) is 0.869. The van der Waals surface area contributed by atoms with E-state index in [4.69, 9.17) is 4.98 Å². The van der Waals surface area contributed by atoms with Crippen molar-refractivity contribution in [3.05, 3.63) is 236 Å². The average molecular weight is 758 g/mol. The van der Waals surface area contributed by atoms with Crippen LogP contribution in [0.3, 0.4) is 0 Å². The van der Waals surface area contributed by atoms with E-state index in [-0.39, 0.29) is 5.41 Å². The molecule has 0 N–H and O–H groups in total. The van der Waals surface area contributed by atoms with E-state index < -0.39 is 0 Å². The summed E-state index contributed by atoms with van der Waals surface area (Å²) in [4.78, 5) is 9.71. The highest BCUT2D eigenvalue weighted by Gasteiger charge is 2.35. The molecule has 59 heavy (non-hydrogen) atoms. The second-order valence-corrected chi connectivity index (χ2v) is 15.7. The molecule has 0 radical (unpaired) electrons. The first kappa shape index (κ1) is 35.9. The standard InChI is InChI=1S/C56H43N3/c1-56(2)53-24-13-12-23-51(53)52-35-34-50(38-54(52)56)59(46-20-10-5-11-21-46)55-36-29-45(39-57-55)43-27-32-48(33-28-43)58(47-30-25-42(26-31-47)40-15-6-3-7-16-40)49-22-14-19-44(37-49)41-17-8-4-9-18-41/h3-39H,1-2H3. The number of aromatic nitrogens is 1. The zero-order valence-electron chi connectivity index (χ0n) is 33.2. The number of pyridine rings is 1. The molecule has 0 aliphatic heterocycles. The van der Waals surface area contributed by atoms with E-state index in [9.17, 15) is 0 Å². The Morgan fingerprint density at radius 1 is 0.322 bits per heavy atom. The van der Waals surface area contributed by atoms with E-state index >= 15 is 0 Å². The average Bonchev–Trinajstić information content (AvgIpc) is 3.53. The van der Waals surface area contributed by atoms with Gasteiger partial charge in [-0.05, 0) is 123 Å². The second-order valence-electron chi connectivity index (χ2n) is 15.7. The molecular formula is C56H43N3. The van der Waals surface area contributed by atoms with Gasteiger partial charge in [-0.2, -0.15) is 0 Å². The van der Waals surface area contributed by atoms with Gasteiger partial charge in [-0.1, -0.05) is 159 Å². The minimum Gasteiger partial charge on any atom is -0.310 e. The molecule has 0 atom stereocenters. The largest absolute Gasteiger partial charge is 0.310 e. The van der Waals surface area contributed by atoms with E-state index in [1.54, 1.807) is 0 Å². The number of benzene rings is 8. The van der Waals surface area contributed by atoms with Crippen LogP contribution in [-0.4, -0.2) is 4.98 Å². The van der Waals surface area contributed by atoms with E-state index in [1.807, 2.05) is 6.20 Å². The van der Waals surface area contributed by atoms with E-state index in [0.29, 0.717) is 0 Å². The number of nitrogens with zero attached hydrogens (tertiary/aromatic N) is 3. The zero-order chi connectivity index (χ0) is 39.8. The summed E-state index contributed by atoms with van der Waals surface area (Å²) >= 11 is 0. The van der Waals surface area contributed by atoms with Crippen LogP contribution in [0.4, 0.5) is 34.3 Å². The lowest BCUT2D eigenvalue weighted by atomic mass is 9.82. The quantitative estimate of drug-likeness (QED) is 0.146. The van der Waals surface area contributed by atoms with Gasteiger partial charge >= 0.3 is 0 Å². The van der Waals surface area contributed by atoms with Gasteiger partial charge in [0.2, 0.25) is 0 Å². The number of hydrogen-bond donors (Lipinski definition) is 0. The monoisotopic (exact) mass is 757 g/mol. The minimum atomic E-state index is -0.0976. The third kappa shape index (κ3) is 6.77. The molecule has 3 heteroatoms. The first-order valence-corrected chi connectivity index (χ1v) is 20.3. The minimum absolute atomic E-state index is 0.0976. The molecule has 10 rings (SSSR count). The zero-order valence-corrected chi connectivity index (χ0v) is 33.2. The fourth-order valence-corrected chi connectivity index (χ4v) is 8.65. The van der Waals surface area contributed by atoms with Gasteiger partial charge in [-0.15, -0.1) is 0 Å². The van der Waals surface area contributed by atoms with Gasteiger partial charge in [-0.3, -0.25) is 4.90 Å². The number of hydrogen-bond acceptors (Lipinski definition) is 3. The van der Waals surface area contributed by atoms with E-state index in [0.717, 1.165) is 45.4 Å². The normalized spacial score (nSPS) is 12.4. The molecule has 0 saturated heterocycles. The molecule has 0 bridgehead atoms. The maximum absolute atomic E-state index is 5.12. The van der Waals surface area contributed by atoms with Gasteiger partial charge in [0.1, 0.15) is 5.82 Å². The molecule has 0 amide bonds. The van der Waals surface area contributed by atoms with Gasteiger partial charge in [0.15, 0.2) is 0 Å². The molecule has 0 unspecified atom stereocenters. The summed E-state index contributed by atoms with van der Waals surface area (Å²) in [5.41, 5.74) is 17.6. The van der Waals surface area contributed by atoms with Crippen LogP contribution in [0.2, 0.25) is 0 Å². The van der Waals surface area contributed by atoms with Crippen LogP contribution < -0.4 is 9.80 Å². The van der Waals surface area contributed by atoms with Crippen molar-refractivity contribution in [2.75, 3.05) is 9.80 Å². The van der Waals surface area contributed by atoms with Crippen LogP contribution in [-0.2, 0) is 5.41 Å². The third-order valence-electron chi connectivity index (χ3n) is 11.7. The van der Waals surface area contributed by atoms with Crippen molar-refractivity contribution in [3.63, 3.8) is 0 Å². The van der Waals surface area contributed by atoms with E-state index in [2.05, 4.69) is 242 Å². The Balaban J connectivity index is 0.983. The summed E-state index contributed by atoms with van der Waals surface area (Å²) in [6, 6.07) is 78.1. The van der Waals surface area contributed by atoms with Crippen molar-refractivity contribution in [2.24, 2.45) is 0 Å². The second kappa shape index (κ2) is 15.1. The van der Waals surface area contributed by atoms with Gasteiger partial charge in [-0.25, -0.2) is 4.98 Å². The lowest BCUT2D eigenvalue weighted by Crippen LogP contribution is -2.17. The molecule has 0 fully saturated rings. The van der Waals surface area contributed by atoms with Gasteiger partial charge in [0.25, 0.3) is 0 Å². The van der Waals surface area contributed by atoms with Crippen LogP contribution in [0.15, 0.2) is 225 Å². The van der Waals surface area contributed by atoms with Crippen molar-refractivity contribution >= 4 is 34.3 Å². The highest BCUT2D eigenvalue weighted by Crippen LogP contribution is 2.50. The molecule has 282 valence electrons. The van der Waals surface area contributed by atoms with Gasteiger partial charge < -0.3 is 4.90 Å². The highest BCUT2D eigenvalue weighted by atomic mass is 15.2. The SMILES string of the molecule is CC1(C)c2ccccc2-c2ccc(N(c3ccccc3)c3ccc(-c4ccc(N(c5ccc(-c6ccccc6)cc5)c5cccc(-c6ccccc6)c5)cc4)cn3)cc21. The lowest BCUT2D eigenvalue weighted by Gasteiger charge is -2.27. The van der Waals surface area contributed by atoms with Crippen molar-refractivity contribution in [1.82, 2.24) is 4.98 Å². The Bertz CT molecular complexity index is 2870. The molecule has 1 aromatic heterocycles. The fraction of sp³-hybridized carbons (Fsp3) is 0.0536. The summed E-state index contributed by atoms with van der Waals surface area (Å²) < 4.78 is 0. The van der Waals surface area contributed by atoms with Crippen molar-refractivity contribution in [1.29, 1.82) is 0 Å². The molecule has 8 aromatic carbocycles. The van der Waals surface area contributed by atoms with Crippen LogP contribution in [0.5, 0.6) is 0 Å². The molecule has 3 nitrogen and oxygen atoms in total. The summed E-state index contributed by atoms with van der Waals surface area (Å²) in [5, 5.41) is 0. The fourth-order valence-electron chi connectivity index (χ4n) is 8.65. The van der Waals surface area contributed by atoms with Crippen molar-refractivity contribution in [2.45, 2.75) is 19.3 Å². The predicted octanol–water partition coefficient (Wildman–Crippen LogP) is 15.3. The molecule has 9 aromatic rings. The summed E-state index contributed by atoms with van der Waals surface area (Å²) in [7, 11) is 0. The molecule has 0 saturated carbocycles. The number of fused-ring (bicyclic) bond motifs is 3. The van der Waals surface area contributed by atoms with Crippen LogP contribution in [0, 0.1) is 0 Å². The Hall–Kier alpha value is -7.49. The van der Waals surface area contributed by atoms with Crippen molar-refractivity contribution in [3.8, 4) is 44.5 Å². The molecule has 1 heterocycles. The molecule has 1 aliphatic rings. The maximum atomic E-state index is 5.12. The Kier molecular flexibility index (Phi) is 9.19. The molecular weight excluding hydrogens is 715 g/mol. The Morgan fingerprint density at radius 3 is 1.42 bits per heavy atom. The molecule has 0 spiro atoms. The first-order valence-electron chi connectivity index (χ1n) is 20.3. The van der Waals surface area contributed by atoms with E-state index in [1.165, 1.54) is 44.5 Å². The Labute approximate surface area is 347 Å². The Morgan fingerprint density at radius 2 is 0.780 bits per heavy atom. The number of rotatable bonds is 9. The lowest BCUT2D eigenvalue weighted by molar-refractivity contribution is 0.660. The summed E-state index contributed by atoms with van der Waals surface area (Å²) in [6.45, 7) is 4.66. The maximum Gasteiger partial charge on any atom is 0.137 e. The van der Waals surface area contributed by atoms with Gasteiger partial charge in [0, 0.05) is 45.6 Å². The number of para-hydroxylation sites is 1. The predicted molar refractivity (Wildman–Crippen MR) is 247 cm³/mol. The molecule has 1 aliphatic carbocycles. The smallest absolute Gasteiger partial charge is 0.137 e. The first-order chi connectivity index (χ1) is 29.0. The van der Waals surface area contributed by atoms with Crippen LogP contribution >= 0.6 is 0 Å². The van der Waals surface area contributed by atoms with Crippen LogP contribution in [0.25, 0.3) is 44.5 Å². The number of anilines is 6. The third-order valence-corrected chi connectivity index (χ3v) is 11.7. The van der Waals surface area contributed by atoms with Gasteiger partial charge in [0.05, 0.1) is 0 Å². The van der Waals surface area contributed by atoms with Crippen LogP contribution in [0.1, 0.15) is 25.0 Å². The topological polar surface area (TPSA) is 19.4 Å². The summed E-state index contributed by atoms with van der Waals surface area (Å²) in [6.07, 6.45) is 2.00. The van der Waals surface area contributed by atoms with Crippen molar-refractivity contribution < 1.29 is 0 Å².